The molecule has 528 valence electrons. The van der Waals surface area contributed by atoms with Crippen LogP contribution in [0.25, 0.3) is 149 Å². The minimum Gasteiger partial charge on any atom is -0.343 e. The van der Waals surface area contributed by atoms with Crippen LogP contribution in [0.15, 0.2) is 339 Å². The first kappa shape index (κ1) is 52.7. The molecule has 0 aliphatic carbocycles. The first-order valence-electron chi connectivity index (χ1n) is 42.1. The van der Waals surface area contributed by atoms with Gasteiger partial charge < -0.3 is 27.9 Å². The summed E-state index contributed by atoms with van der Waals surface area (Å²) in [6, 6.07) is 71.8. The number of para-hydroxylation sites is 8. The van der Waals surface area contributed by atoms with Gasteiger partial charge in [0, 0.05) is 82.6 Å². The van der Waals surface area contributed by atoms with E-state index in [2.05, 4.69) is 187 Å². The Hall–Kier alpha value is -13.2. The number of hydrogen-bond donors (Lipinski definition) is 0. The van der Waals surface area contributed by atoms with E-state index in [-0.39, 0.29) is 81.8 Å². The first-order chi connectivity index (χ1) is 59.4. The van der Waals surface area contributed by atoms with Crippen LogP contribution >= 0.6 is 0 Å². The molecule has 0 bridgehead atoms. The molecule has 0 amide bonds. The second-order valence-electron chi connectivity index (χ2n) is 25.9. The van der Waals surface area contributed by atoms with E-state index in [0.717, 1.165) is 16.8 Å². The molecule has 0 N–H and O–H groups in total. The molecule has 0 radical (unpaired) electrons. The number of nitrogens with zero attached hydrogens (tertiary/aromatic N) is 9. The standard InChI is InChI=1S/2C36H24N2.C22H14F5N5.Pt/c2*1-5-19-33-29(15-1)30-16-2-6-20-34(30)37(33)27-13-9-11-25(23-27)26-12-10-14-28(24-26)38-35-21-7-3-17-31(35)32-18-4-8-22-36(32)38;1-21(2,15-6-3-5-14(28-15)13-9-10-18(23)30-20(13)24)16-7-4-8-19(29-16)32-12-11-17(31-32)22(25,26)27;/h2*1-24H;3-8,10-11H,1-2H3;/q;;-2;+2/i1D,2D,3D,4D,5D,6D,7D,8D,15D,16D,17D,18D,19D,20D,21D,22D;;;. The molecule has 0 aliphatic rings. The molecule has 9 nitrogen and oxygen atoms in total. The minimum absolute atomic E-state index is 0. The third kappa shape index (κ3) is 12.6. The Balaban J connectivity index is 0.000000137. The fourth-order valence-corrected chi connectivity index (χ4v) is 14.1. The summed E-state index contributed by atoms with van der Waals surface area (Å²) in [5, 5.41) is 8.37. The number of aromatic nitrogens is 9. The van der Waals surface area contributed by atoms with Gasteiger partial charge in [0.25, 0.3) is 0 Å². The Bertz CT molecular complexity index is 7260. The minimum atomic E-state index is -4.59. The molecule has 8 heterocycles. The Morgan fingerprint density at radius 3 is 1.07 bits per heavy atom. The normalized spacial score (nSPS) is 13.8. The van der Waals surface area contributed by atoms with Gasteiger partial charge in [-0.15, -0.1) is 12.1 Å². The largest absolute Gasteiger partial charge is 2.00 e. The van der Waals surface area contributed by atoms with Crippen LogP contribution in [0.4, 0.5) is 22.0 Å². The molecule has 0 aliphatic heterocycles. The van der Waals surface area contributed by atoms with Crippen molar-refractivity contribution in [2.24, 2.45) is 0 Å². The Labute approximate surface area is 660 Å². The van der Waals surface area contributed by atoms with Gasteiger partial charge in [0.2, 0.25) is 0 Å². The van der Waals surface area contributed by atoms with Crippen molar-refractivity contribution in [3.8, 4) is 62.1 Å². The van der Waals surface area contributed by atoms with Crippen molar-refractivity contribution >= 4 is 87.2 Å². The molecule has 0 atom stereocenters. The average Bonchev–Trinajstić information content (AvgIpc) is 1.55. The first-order valence-corrected chi connectivity index (χ1v) is 34.1. The maximum atomic E-state index is 14.1. The van der Waals surface area contributed by atoms with E-state index in [1.165, 1.54) is 87.4 Å². The summed E-state index contributed by atoms with van der Waals surface area (Å²) in [4.78, 5) is 12.1. The molecular formula is C94H62F5N9Pt. The Morgan fingerprint density at radius 1 is 0.349 bits per heavy atom. The third-order valence-corrected chi connectivity index (χ3v) is 19.1. The molecule has 0 saturated heterocycles. The van der Waals surface area contributed by atoms with Crippen molar-refractivity contribution in [1.29, 1.82) is 0 Å². The number of fused-ring (bicyclic) bond motifs is 12. The predicted octanol–water partition coefficient (Wildman–Crippen LogP) is 24.0. The summed E-state index contributed by atoms with van der Waals surface area (Å²) in [6.07, 6.45) is -2.18. The van der Waals surface area contributed by atoms with Crippen molar-refractivity contribution < 1.29 is 64.9 Å². The summed E-state index contributed by atoms with van der Waals surface area (Å²) in [6.45, 7) is 3.62. The molecule has 109 heavy (non-hydrogen) atoms. The predicted molar refractivity (Wildman–Crippen MR) is 425 cm³/mol. The van der Waals surface area contributed by atoms with Gasteiger partial charge in [-0.3, -0.25) is 15.1 Å². The third-order valence-electron chi connectivity index (χ3n) is 19.1. The molecule has 0 saturated carbocycles. The van der Waals surface area contributed by atoms with Gasteiger partial charge in [-0.05, 0) is 151 Å². The maximum Gasteiger partial charge on any atom is 2.00 e. The van der Waals surface area contributed by atoms with Crippen LogP contribution < -0.4 is 0 Å². The molecule has 15 heteroatoms. The number of pyridine rings is 3. The molecule has 12 aromatic carbocycles. The fraction of sp³-hybridized carbons (Fsp3) is 0.0426. The van der Waals surface area contributed by atoms with E-state index in [4.69, 9.17) is 21.9 Å². The van der Waals surface area contributed by atoms with Gasteiger partial charge in [-0.2, -0.15) is 13.2 Å². The smallest absolute Gasteiger partial charge is 0.343 e. The summed E-state index contributed by atoms with van der Waals surface area (Å²) in [7, 11) is 0. The van der Waals surface area contributed by atoms with Crippen LogP contribution in [0.2, 0.25) is 0 Å². The molecule has 8 aromatic heterocycles. The second kappa shape index (κ2) is 28.3. The zero-order chi connectivity index (χ0) is 87.1. The summed E-state index contributed by atoms with van der Waals surface area (Å²) in [5.41, 5.74) is 10.4. The van der Waals surface area contributed by atoms with Crippen molar-refractivity contribution in [1.82, 2.24) is 43.0 Å². The number of rotatable bonds is 10. The van der Waals surface area contributed by atoms with E-state index in [9.17, 15) is 22.0 Å². The molecule has 0 spiro atoms. The van der Waals surface area contributed by atoms with Crippen molar-refractivity contribution in [3.05, 3.63) is 381 Å². The van der Waals surface area contributed by atoms with Gasteiger partial charge in [-0.25, -0.2) is 8.78 Å². The number of hydrogen-bond acceptors (Lipinski definition) is 4. The summed E-state index contributed by atoms with van der Waals surface area (Å²) < 4.78 is 211. The van der Waals surface area contributed by atoms with Crippen molar-refractivity contribution in [3.63, 3.8) is 0 Å². The number of alkyl halides is 3. The molecular weight excluding hydrogens is 1550 g/mol. The molecule has 20 aromatic rings. The number of benzene rings is 12. The number of halogens is 5. The quantitative estimate of drug-likeness (QED) is 0.0777. The topological polar surface area (TPSA) is 76.2 Å². The average molecular weight is 1620 g/mol. The monoisotopic (exact) mass is 1620 g/mol. The van der Waals surface area contributed by atoms with Crippen LogP contribution in [-0.4, -0.2) is 43.0 Å². The van der Waals surface area contributed by atoms with Crippen molar-refractivity contribution in [2.45, 2.75) is 25.4 Å². The fourth-order valence-electron chi connectivity index (χ4n) is 14.1. The second-order valence-corrected chi connectivity index (χ2v) is 25.9. The van der Waals surface area contributed by atoms with Gasteiger partial charge in [-0.1, -0.05) is 236 Å². The van der Waals surface area contributed by atoms with Gasteiger partial charge in [0.05, 0.1) is 77.6 Å². The zero-order valence-electron chi connectivity index (χ0n) is 73.3. The van der Waals surface area contributed by atoms with Gasteiger partial charge in [0.1, 0.15) is 11.9 Å². The van der Waals surface area contributed by atoms with Crippen LogP contribution in [0, 0.1) is 24.2 Å². The van der Waals surface area contributed by atoms with Crippen LogP contribution in [0.1, 0.15) is 52.9 Å². The molecule has 0 fully saturated rings. The SMILES string of the molecule is CC(C)(c1cccc(-c2[c-]cc(F)nc2F)n1)c1cccc(-n2[c-]cc(C(F)(F)F)n2)n1.[2H]c1c([2H])c([2H])c2c(c1[2H])c1c([2H])c([2H])c([2H])c([2H])c1n2-c1cccc(-c2cccc(-n3c4c([2H])c([2H])c([2H])c([2H])c4c4c([2H])c([2H])c([2H])c([2H])c43)c2)c1.[Pt+2].c1cc(-c2cccc(-n3c4ccccc4c4ccccc43)c2)cc(-n2c3ccccc3c3ccccc32)c1. The summed E-state index contributed by atoms with van der Waals surface area (Å²) >= 11 is 0. The zero-order valence-corrected chi connectivity index (χ0v) is 59.6. The van der Waals surface area contributed by atoms with Crippen LogP contribution in [-0.2, 0) is 32.7 Å². The van der Waals surface area contributed by atoms with Crippen LogP contribution in [0.5, 0.6) is 0 Å². The van der Waals surface area contributed by atoms with E-state index >= 15 is 0 Å². The molecule has 0 unspecified atom stereocenters. The van der Waals surface area contributed by atoms with Crippen molar-refractivity contribution in [2.75, 3.05) is 0 Å². The van der Waals surface area contributed by atoms with Gasteiger partial charge >= 0.3 is 27.2 Å². The van der Waals surface area contributed by atoms with E-state index in [1.54, 1.807) is 72.8 Å². The molecule has 20 rings (SSSR count). The van der Waals surface area contributed by atoms with E-state index in [0.29, 0.717) is 33.9 Å². The van der Waals surface area contributed by atoms with E-state index in [1.807, 2.05) is 13.8 Å². The Kier molecular flexibility index (Phi) is 13.7. The van der Waals surface area contributed by atoms with E-state index < -0.39 is 126 Å². The van der Waals surface area contributed by atoms with Crippen LogP contribution in [0.3, 0.4) is 0 Å². The summed E-state index contributed by atoms with van der Waals surface area (Å²) in [5.74, 6) is -1.89. The Morgan fingerprint density at radius 2 is 0.697 bits per heavy atom. The maximum absolute atomic E-state index is 14.1. The van der Waals surface area contributed by atoms with Gasteiger partial charge in [0.15, 0.2) is 0 Å².